The molecule has 0 unspecified atom stereocenters. The lowest BCUT2D eigenvalue weighted by atomic mass is 10.0. The molecule has 0 aliphatic carbocycles. The van der Waals surface area contributed by atoms with Crippen molar-refractivity contribution in [2.24, 2.45) is 0 Å². The van der Waals surface area contributed by atoms with Gasteiger partial charge in [0, 0.05) is 28.9 Å². The predicted molar refractivity (Wildman–Crippen MR) is 118 cm³/mol. The van der Waals surface area contributed by atoms with Gasteiger partial charge in [-0.2, -0.15) is 0 Å². The van der Waals surface area contributed by atoms with E-state index in [1.165, 1.54) is 30.8 Å². The first kappa shape index (κ1) is 21.3. The van der Waals surface area contributed by atoms with Crippen LogP contribution in [-0.2, 0) is 27.2 Å². The fourth-order valence-electron chi connectivity index (χ4n) is 3.28. The SMILES string of the molecule is COC(=O)[C@H](Cc1c[nH]c2ccccc12)NC(=O)Cc1csc(NC(=O)c2ccco2)n1. The minimum atomic E-state index is -0.844. The molecule has 1 aromatic carbocycles. The van der Waals surface area contributed by atoms with Crippen LogP contribution in [0.4, 0.5) is 5.13 Å². The monoisotopic (exact) mass is 452 g/mol. The van der Waals surface area contributed by atoms with Crippen LogP contribution >= 0.6 is 11.3 Å². The number of benzene rings is 1. The van der Waals surface area contributed by atoms with E-state index in [9.17, 15) is 14.4 Å². The van der Waals surface area contributed by atoms with E-state index < -0.39 is 17.9 Å². The predicted octanol–water partition coefficient (Wildman–Crippen LogP) is 2.91. The third-order valence-electron chi connectivity index (χ3n) is 4.78. The van der Waals surface area contributed by atoms with Crippen LogP contribution < -0.4 is 10.6 Å². The second-order valence-corrected chi connectivity index (χ2v) is 7.82. The van der Waals surface area contributed by atoms with E-state index in [-0.39, 0.29) is 24.5 Å². The molecule has 4 rings (SSSR count). The number of hydrogen-bond acceptors (Lipinski definition) is 7. The summed E-state index contributed by atoms with van der Waals surface area (Å²) in [5.74, 6) is -1.18. The molecule has 0 bridgehead atoms. The van der Waals surface area contributed by atoms with Crippen molar-refractivity contribution < 1.29 is 23.5 Å². The number of hydrogen-bond donors (Lipinski definition) is 3. The summed E-state index contributed by atoms with van der Waals surface area (Å²) in [4.78, 5) is 44.3. The third kappa shape index (κ3) is 4.86. The molecular formula is C22H20N4O5S. The lowest BCUT2D eigenvalue weighted by molar-refractivity contribution is -0.145. The molecule has 2 amide bonds. The number of amides is 2. The highest BCUT2D eigenvalue weighted by atomic mass is 32.1. The molecule has 0 aliphatic heterocycles. The van der Waals surface area contributed by atoms with E-state index in [1.54, 1.807) is 11.4 Å². The Kier molecular flexibility index (Phi) is 6.31. The van der Waals surface area contributed by atoms with Gasteiger partial charge in [-0.3, -0.25) is 14.9 Å². The number of aromatic amines is 1. The van der Waals surface area contributed by atoms with Gasteiger partial charge in [-0.15, -0.1) is 11.3 Å². The molecule has 0 aliphatic rings. The Bertz CT molecular complexity index is 1240. The van der Waals surface area contributed by atoms with Crippen LogP contribution in [0.3, 0.4) is 0 Å². The molecule has 164 valence electrons. The van der Waals surface area contributed by atoms with E-state index in [0.29, 0.717) is 10.8 Å². The summed E-state index contributed by atoms with van der Waals surface area (Å²) in [7, 11) is 1.28. The van der Waals surface area contributed by atoms with Crippen LogP contribution in [0.2, 0.25) is 0 Å². The van der Waals surface area contributed by atoms with E-state index in [1.807, 2.05) is 30.5 Å². The van der Waals surface area contributed by atoms with Crippen molar-refractivity contribution in [3.8, 4) is 0 Å². The van der Waals surface area contributed by atoms with E-state index >= 15 is 0 Å². The molecule has 3 aromatic heterocycles. The van der Waals surface area contributed by atoms with Gasteiger partial charge in [0.1, 0.15) is 6.04 Å². The van der Waals surface area contributed by atoms with Gasteiger partial charge < -0.3 is 19.5 Å². The Morgan fingerprint density at radius 2 is 2.06 bits per heavy atom. The van der Waals surface area contributed by atoms with Gasteiger partial charge in [0.15, 0.2) is 10.9 Å². The summed E-state index contributed by atoms with van der Waals surface area (Å²) in [5, 5.41) is 8.34. The summed E-state index contributed by atoms with van der Waals surface area (Å²) in [6.45, 7) is 0. The fraction of sp³-hybridized carbons (Fsp3) is 0.182. The Morgan fingerprint density at radius 1 is 1.22 bits per heavy atom. The summed E-state index contributed by atoms with van der Waals surface area (Å²) in [6.07, 6.45) is 3.46. The number of esters is 1. The smallest absolute Gasteiger partial charge is 0.328 e. The second-order valence-electron chi connectivity index (χ2n) is 6.96. The molecule has 0 saturated carbocycles. The van der Waals surface area contributed by atoms with Crippen molar-refractivity contribution in [1.29, 1.82) is 0 Å². The van der Waals surface area contributed by atoms with Crippen molar-refractivity contribution in [2.45, 2.75) is 18.9 Å². The number of nitrogens with zero attached hydrogens (tertiary/aromatic N) is 1. The first-order valence-electron chi connectivity index (χ1n) is 9.75. The summed E-state index contributed by atoms with van der Waals surface area (Å²) >= 11 is 1.19. The first-order chi connectivity index (χ1) is 15.5. The third-order valence-corrected chi connectivity index (χ3v) is 5.59. The molecule has 0 fully saturated rings. The summed E-state index contributed by atoms with van der Waals surface area (Å²) in [6, 6.07) is 10.0. The average Bonchev–Trinajstić information content (AvgIpc) is 3.54. The van der Waals surface area contributed by atoms with Crippen LogP contribution in [0.15, 0.2) is 58.7 Å². The maximum Gasteiger partial charge on any atom is 0.328 e. The molecule has 4 aromatic rings. The quantitative estimate of drug-likeness (QED) is 0.353. The van der Waals surface area contributed by atoms with E-state index in [0.717, 1.165) is 16.5 Å². The maximum absolute atomic E-state index is 12.6. The average molecular weight is 452 g/mol. The fourth-order valence-corrected chi connectivity index (χ4v) is 3.98. The topological polar surface area (TPSA) is 126 Å². The van der Waals surface area contributed by atoms with Crippen molar-refractivity contribution in [1.82, 2.24) is 15.3 Å². The number of fused-ring (bicyclic) bond motifs is 1. The molecule has 1 atom stereocenters. The Balaban J connectivity index is 1.39. The number of methoxy groups -OCH3 is 1. The number of aromatic nitrogens is 2. The number of rotatable bonds is 8. The van der Waals surface area contributed by atoms with Gasteiger partial charge >= 0.3 is 5.97 Å². The van der Waals surface area contributed by atoms with Gasteiger partial charge in [0.25, 0.3) is 5.91 Å². The van der Waals surface area contributed by atoms with Gasteiger partial charge in [-0.1, -0.05) is 18.2 Å². The number of H-pyrrole nitrogens is 1. The lowest BCUT2D eigenvalue weighted by Crippen LogP contribution is -2.43. The van der Waals surface area contributed by atoms with E-state index in [2.05, 4.69) is 20.6 Å². The molecule has 10 heteroatoms. The Labute approximate surface area is 186 Å². The van der Waals surface area contributed by atoms with Crippen LogP contribution in [0.1, 0.15) is 21.8 Å². The van der Waals surface area contributed by atoms with Gasteiger partial charge in [-0.05, 0) is 23.8 Å². The summed E-state index contributed by atoms with van der Waals surface area (Å²) < 4.78 is 9.91. The lowest BCUT2D eigenvalue weighted by Gasteiger charge is -2.16. The van der Waals surface area contributed by atoms with Crippen molar-refractivity contribution >= 4 is 45.2 Å². The van der Waals surface area contributed by atoms with Crippen LogP contribution in [0.5, 0.6) is 0 Å². The molecule has 0 saturated heterocycles. The number of thiazole rings is 1. The van der Waals surface area contributed by atoms with Crippen molar-refractivity contribution in [3.63, 3.8) is 0 Å². The number of anilines is 1. The largest absolute Gasteiger partial charge is 0.467 e. The summed E-state index contributed by atoms with van der Waals surface area (Å²) in [5.41, 5.74) is 2.31. The zero-order chi connectivity index (χ0) is 22.5. The number of ether oxygens (including phenoxy) is 1. The number of carbonyl (C=O) groups is 3. The standard InChI is InChI=1S/C22H20N4O5S/c1-30-21(29)17(9-13-11-23-16-6-3-2-5-15(13)16)25-19(27)10-14-12-32-22(24-14)26-20(28)18-7-4-8-31-18/h2-8,11-12,17,23H,9-10H2,1H3,(H,25,27)(H,24,26,28)/t17-/m0/s1. The first-order valence-corrected chi connectivity index (χ1v) is 10.6. The normalized spacial score (nSPS) is 11.8. The van der Waals surface area contributed by atoms with Gasteiger partial charge in [0.2, 0.25) is 5.91 Å². The number of nitrogens with one attached hydrogen (secondary N) is 3. The number of para-hydroxylation sites is 1. The van der Waals surface area contributed by atoms with Crippen molar-refractivity contribution in [3.05, 3.63) is 71.3 Å². The van der Waals surface area contributed by atoms with Gasteiger partial charge in [0.05, 0.1) is 25.5 Å². The van der Waals surface area contributed by atoms with Gasteiger partial charge in [-0.25, -0.2) is 9.78 Å². The minimum Gasteiger partial charge on any atom is -0.467 e. The number of carbonyl (C=O) groups excluding carboxylic acids is 3. The van der Waals surface area contributed by atoms with Crippen LogP contribution in [0, 0.1) is 0 Å². The molecule has 0 radical (unpaired) electrons. The van der Waals surface area contributed by atoms with E-state index in [4.69, 9.17) is 9.15 Å². The second kappa shape index (κ2) is 9.48. The molecule has 9 nitrogen and oxygen atoms in total. The molecule has 3 N–H and O–H groups in total. The Morgan fingerprint density at radius 3 is 2.84 bits per heavy atom. The van der Waals surface area contributed by atoms with Crippen molar-refractivity contribution in [2.75, 3.05) is 12.4 Å². The maximum atomic E-state index is 12.6. The highest BCUT2D eigenvalue weighted by Crippen LogP contribution is 2.20. The highest BCUT2D eigenvalue weighted by Gasteiger charge is 2.24. The Hall–Kier alpha value is -3.92. The molecule has 32 heavy (non-hydrogen) atoms. The zero-order valence-corrected chi connectivity index (χ0v) is 17.9. The van der Waals surface area contributed by atoms with Crippen LogP contribution in [0.25, 0.3) is 10.9 Å². The number of furan rings is 1. The molecular weight excluding hydrogens is 432 g/mol. The zero-order valence-electron chi connectivity index (χ0n) is 17.1. The molecule has 0 spiro atoms. The minimum absolute atomic E-state index is 0.0471. The highest BCUT2D eigenvalue weighted by molar-refractivity contribution is 7.14. The van der Waals surface area contributed by atoms with Crippen LogP contribution in [-0.4, -0.2) is 40.9 Å². The molecule has 3 heterocycles.